The van der Waals surface area contributed by atoms with E-state index in [-0.39, 0.29) is 0 Å². The van der Waals surface area contributed by atoms with Gasteiger partial charge in [-0.2, -0.15) is 0 Å². The Kier molecular flexibility index (Phi) is 9.63. The fraction of sp³-hybridized carbons (Fsp3) is 0.950. The molecule has 0 saturated carbocycles. The molecule has 2 aliphatic heterocycles. The topological polar surface area (TPSA) is 42.9 Å². The van der Waals surface area contributed by atoms with Crippen LogP contribution in [-0.2, 0) is 0 Å². The zero-order chi connectivity index (χ0) is 17.9. The van der Waals surface area contributed by atoms with Gasteiger partial charge in [-0.15, -0.1) is 0 Å². The fourth-order valence-electron chi connectivity index (χ4n) is 3.96. The lowest BCUT2D eigenvalue weighted by atomic mass is 9.99. The van der Waals surface area contributed by atoms with Gasteiger partial charge in [-0.05, 0) is 77.0 Å². The van der Waals surface area contributed by atoms with Crippen molar-refractivity contribution in [3.05, 3.63) is 0 Å². The summed E-state index contributed by atoms with van der Waals surface area (Å²) in [6, 6.07) is 0.578. The van der Waals surface area contributed by atoms with E-state index >= 15 is 0 Å². The van der Waals surface area contributed by atoms with E-state index in [0.29, 0.717) is 6.04 Å². The van der Waals surface area contributed by atoms with Crippen LogP contribution >= 0.6 is 0 Å². The molecule has 5 heteroatoms. The van der Waals surface area contributed by atoms with Gasteiger partial charge in [-0.1, -0.05) is 13.8 Å². The van der Waals surface area contributed by atoms with Crippen molar-refractivity contribution in [2.45, 2.75) is 64.8 Å². The van der Waals surface area contributed by atoms with Crippen LogP contribution in [0.3, 0.4) is 0 Å². The van der Waals surface area contributed by atoms with E-state index in [9.17, 15) is 0 Å². The third kappa shape index (κ3) is 7.95. The molecule has 0 aromatic rings. The second-order valence-electron chi connectivity index (χ2n) is 7.99. The molecular formula is C20H41N5. The number of guanidine groups is 1. The second-order valence-corrected chi connectivity index (χ2v) is 7.99. The van der Waals surface area contributed by atoms with Crippen molar-refractivity contribution in [3.8, 4) is 0 Å². The molecule has 2 fully saturated rings. The number of nitrogens with one attached hydrogen (secondary N) is 2. The van der Waals surface area contributed by atoms with Crippen LogP contribution in [0.1, 0.15) is 58.8 Å². The molecule has 0 bridgehead atoms. The van der Waals surface area contributed by atoms with Crippen LogP contribution in [0.2, 0.25) is 0 Å². The Balaban J connectivity index is 1.52. The van der Waals surface area contributed by atoms with Crippen LogP contribution in [-0.4, -0.2) is 74.7 Å². The van der Waals surface area contributed by atoms with E-state index in [2.05, 4.69) is 39.3 Å². The zero-order valence-electron chi connectivity index (χ0n) is 16.9. The summed E-state index contributed by atoms with van der Waals surface area (Å²) in [6.07, 6.45) is 8.99. The monoisotopic (exact) mass is 351 g/mol. The Bertz CT molecular complexity index is 368. The maximum absolute atomic E-state index is 4.40. The van der Waals surface area contributed by atoms with Crippen LogP contribution in [0.5, 0.6) is 0 Å². The third-order valence-corrected chi connectivity index (χ3v) is 5.76. The molecule has 0 atom stereocenters. The second kappa shape index (κ2) is 11.7. The van der Waals surface area contributed by atoms with Crippen molar-refractivity contribution in [2.75, 3.05) is 52.9 Å². The first-order valence-corrected chi connectivity index (χ1v) is 10.6. The number of hydrogen-bond acceptors (Lipinski definition) is 3. The highest BCUT2D eigenvalue weighted by molar-refractivity contribution is 5.79. The average molecular weight is 352 g/mol. The highest BCUT2D eigenvalue weighted by Crippen LogP contribution is 2.16. The molecule has 25 heavy (non-hydrogen) atoms. The minimum atomic E-state index is 0.578. The Hall–Kier alpha value is -0.810. The largest absolute Gasteiger partial charge is 0.356 e. The summed E-state index contributed by atoms with van der Waals surface area (Å²) < 4.78 is 0. The van der Waals surface area contributed by atoms with Gasteiger partial charge in [0, 0.05) is 32.7 Å². The summed E-state index contributed by atoms with van der Waals surface area (Å²) in [7, 11) is 1.89. The van der Waals surface area contributed by atoms with Crippen molar-refractivity contribution in [1.29, 1.82) is 0 Å². The normalized spacial score (nSPS) is 22.3. The number of rotatable bonds is 8. The number of hydrogen-bond donors (Lipinski definition) is 2. The predicted molar refractivity (Wildman–Crippen MR) is 108 cm³/mol. The third-order valence-electron chi connectivity index (χ3n) is 5.76. The minimum absolute atomic E-state index is 0.578. The molecule has 2 saturated heterocycles. The average Bonchev–Trinajstić information content (AvgIpc) is 2.63. The van der Waals surface area contributed by atoms with Gasteiger partial charge in [0.05, 0.1) is 0 Å². The summed E-state index contributed by atoms with van der Waals surface area (Å²) in [5, 5.41) is 7.12. The first-order chi connectivity index (χ1) is 12.2. The van der Waals surface area contributed by atoms with Gasteiger partial charge in [-0.3, -0.25) is 4.99 Å². The van der Waals surface area contributed by atoms with Gasteiger partial charge >= 0.3 is 0 Å². The minimum Gasteiger partial charge on any atom is -0.356 e. The molecule has 146 valence electrons. The first-order valence-electron chi connectivity index (χ1n) is 10.6. The summed E-state index contributed by atoms with van der Waals surface area (Å²) in [6.45, 7) is 13.2. The van der Waals surface area contributed by atoms with Crippen molar-refractivity contribution in [1.82, 2.24) is 20.4 Å². The molecule has 5 nitrogen and oxygen atoms in total. The SMILES string of the molecule is CCCN1CCC(NC(=NC)NCCCCN2CCC(C)CC2)CC1. The van der Waals surface area contributed by atoms with E-state index < -0.39 is 0 Å². The standard InChI is InChI=1S/C20H41N5/c1-4-12-24-16-9-19(10-17-24)23-20(21-3)22-11-5-6-13-25-14-7-18(2)8-15-25/h18-19H,4-17H2,1-3H3,(H2,21,22,23). The molecule has 2 rings (SSSR count). The fourth-order valence-corrected chi connectivity index (χ4v) is 3.96. The van der Waals surface area contributed by atoms with Crippen LogP contribution in [0.4, 0.5) is 0 Å². The first kappa shape index (κ1) is 20.5. The highest BCUT2D eigenvalue weighted by Gasteiger charge is 2.19. The molecule has 0 amide bonds. The van der Waals surface area contributed by atoms with Crippen molar-refractivity contribution < 1.29 is 0 Å². The molecular weight excluding hydrogens is 310 g/mol. The number of nitrogens with zero attached hydrogens (tertiary/aromatic N) is 3. The summed E-state index contributed by atoms with van der Waals surface area (Å²) in [5.74, 6) is 1.92. The number of aliphatic imine (C=N–C) groups is 1. The highest BCUT2D eigenvalue weighted by atomic mass is 15.2. The van der Waals surface area contributed by atoms with Crippen molar-refractivity contribution in [2.24, 2.45) is 10.9 Å². The number of likely N-dealkylation sites (tertiary alicyclic amines) is 2. The van der Waals surface area contributed by atoms with Crippen LogP contribution in [0.25, 0.3) is 0 Å². The van der Waals surface area contributed by atoms with Crippen molar-refractivity contribution >= 4 is 5.96 Å². The van der Waals surface area contributed by atoms with E-state index in [1.807, 2.05) is 7.05 Å². The number of piperidine rings is 2. The molecule has 0 radical (unpaired) electrons. The lowest BCUT2D eigenvalue weighted by Gasteiger charge is -2.32. The van der Waals surface area contributed by atoms with Gasteiger partial charge in [-0.25, -0.2) is 0 Å². The van der Waals surface area contributed by atoms with Gasteiger partial charge < -0.3 is 20.4 Å². The summed E-state index contributed by atoms with van der Waals surface area (Å²) in [4.78, 5) is 9.62. The van der Waals surface area contributed by atoms with Gasteiger partial charge in [0.1, 0.15) is 0 Å². The van der Waals surface area contributed by atoms with Gasteiger partial charge in [0.15, 0.2) is 5.96 Å². The Labute approximate surface area is 155 Å². The smallest absolute Gasteiger partial charge is 0.191 e. The quantitative estimate of drug-likeness (QED) is 0.401. The van der Waals surface area contributed by atoms with E-state index in [1.54, 1.807) is 0 Å². The molecule has 0 aromatic heterocycles. The number of unbranched alkanes of at least 4 members (excludes halogenated alkanes) is 1. The lowest BCUT2D eigenvalue weighted by molar-refractivity contribution is 0.189. The van der Waals surface area contributed by atoms with Crippen molar-refractivity contribution in [3.63, 3.8) is 0 Å². The Morgan fingerprint density at radius 1 is 0.960 bits per heavy atom. The van der Waals surface area contributed by atoms with E-state index in [0.717, 1.165) is 18.4 Å². The van der Waals surface area contributed by atoms with Crippen LogP contribution in [0, 0.1) is 5.92 Å². The van der Waals surface area contributed by atoms with Crippen LogP contribution < -0.4 is 10.6 Å². The Morgan fingerprint density at radius 3 is 2.24 bits per heavy atom. The summed E-state index contributed by atoms with van der Waals surface area (Å²) in [5.41, 5.74) is 0. The molecule has 0 aromatic carbocycles. The molecule has 0 unspecified atom stereocenters. The van der Waals surface area contributed by atoms with Crippen LogP contribution in [0.15, 0.2) is 4.99 Å². The van der Waals surface area contributed by atoms with Gasteiger partial charge in [0.2, 0.25) is 0 Å². The van der Waals surface area contributed by atoms with E-state index in [1.165, 1.54) is 84.2 Å². The lowest BCUT2D eigenvalue weighted by Crippen LogP contribution is -2.48. The predicted octanol–water partition coefficient (Wildman–Crippen LogP) is 2.54. The zero-order valence-corrected chi connectivity index (χ0v) is 16.9. The Morgan fingerprint density at radius 2 is 1.60 bits per heavy atom. The van der Waals surface area contributed by atoms with Gasteiger partial charge in [0.25, 0.3) is 0 Å². The molecule has 2 N–H and O–H groups in total. The van der Waals surface area contributed by atoms with E-state index in [4.69, 9.17) is 0 Å². The molecule has 2 aliphatic rings. The maximum Gasteiger partial charge on any atom is 0.191 e. The molecule has 2 heterocycles. The maximum atomic E-state index is 4.40. The summed E-state index contributed by atoms with van der Waals surface area (Å²) >= 11 is 0. The molecule has 0 aliphatic carbocycles. The molecule has 0 spiro atoms.